The molecule has 106 valence electrons. The Hall–Kier alpha value is -2.43. The van der Waals surface area contributed by atoms with Crippen LogP contribution in [0.15, 0.2) is 42.9 Å². The summed E-state index contributed by atoms with van der Waals surface area (Å²) in [6.45, 7) is 1.98. The fourth-order valence-electron chi connectivity index (χ4n) is 3.07. The maximum absolute atomic E-state index is 4.38. The third kappa shape index (κ3) is 2.35. The molecular weight excluding hydrogens is 262 g/mol. The molecular formula is C16H17N5. The Labute approximate surface area is 123 Å². The van der Waals surface area contributed by atoms with Crippen LogP contribution in [-0.4, -0.2) is 33.0 Å². The van der Waals surface area contributed by atoms with Gasteiger partial charge in [-0.15, -0.1) is 0 Å². The summed E-state index contributed by atoms with van der Waals surface area (Å²) < 4.78 is 0. The summed E-state index contributed by atoms with van der Waals surface area (Å²) in [7, 11) is 0. The van der Waals surface area contributed by atoms with E-state index in [4.69, 9.17) is 0 Å². The summed E-state index contributed by atoms with van der Waals surface area (Å²) in [6.07, 6.45) is 7.78. The van der Waals surface area contributed by atoms with Gasteiger partial charge in [-0.05, 0) is 37.1 Å². The normalized spacial score (nSPS) is 19.0. The van der Waals surface area contributed by atoms with Crippen LogP contribution in [0, 0.1) is 0 Å². The third-order valence-electron chi connectivity index (χ3n) is 4.11. The molecule has 21 heavy (non-hydrogen) atoms. The first-order valence-electron chi connectivity index (χ1n) is 7.36. The summed E-state index contributed by atoms with van der Waals surface area (Å²) in [6, 6.07) is 8.16. The van der Waals surface area contributed by atoms with Gasteiger partial charge >= 0.3 is 0 Å². The van der Waals surface area contributed by atoms with Crippen molar-refractivity contribution in [2.24, 2.45) is 0 Å². The van der Waals surface area contributed by atoms with Gasteiger partial charge in [0.1, 0.15) is 5.65 Å². The monoisotopic (exact) mass is 279 g/mol. The highest BCUT2D eigenvalue weighted by molar-refractivity contribution is 5.76. The molecule has 3 aromatic rings. The van der Waals surface area contributed by atoms with Crippen LogP contribution < -0.4 is 4.90 Å². The summed E-state index contributed by atoms with van der Waals surface area (Å²) in [5.41, 5.74) is 2.24. The molecule has 4 rings (SSSR count). The molecule has 1 saturated heterocycles. The zero-order chi connectivity index (χ0) is 14.1. The number of pyridine rings is 1. The Morgan fingerprint density at radius 1 is 1.10 bits per heavy atom. The van der Waals surface area contributed by atoms with Crippen LogP contribution in [0.1, 0.15) is 24.5 Å². The molecule has 1 unspecified atom stereocenters. The van der Waals surface area contributed by atoms with Crippen LogP contribution in [0.2, 0.25) is 0 Å². The molecule has 5 heteroatoms. The molecule has 5 nitrogen and oxygen atoms in total. The molecule has 1 N–H and O–H groups in total. The van der Waals surface area contributed by atoms with Crippen LogP contribution in [-0.2, 0) is 0 Å². The number of H-pyrrole nitrogens is 1. The number of rotatable bonds is 2. The molecule has 0 aliphatic carbocycles. The number of aromatic nitrogens is 4. The maximum atomic E-state index is 4.38. The SMILES string of the molecule is c1cnc(N2CCCC(c3cc4cccnc4[nH]3)C2)nc1. The standard InChI is InChI=1S/C16H17N5/c1-4-12-10-14(20-15(12)17-6-1)13-5-2-9-21(11-13)16-18-7-3-8-19-16/h1,3-4,6-8,10,13H,2,5,9,11H2,(H,17,20). The van der Waals surface area contributed by atoms with E-state index < -0.39 is 0 Å². The van der Waals surface area contributed by atoms with Crippen molar-refractivity contribution < 1.29 is 0 Å². The molecule has 0 bridgehead atoms. The van der Waals surface area contributed by atoms with Gasteiger partial charge in [0.25, 0.3) is 0 Å². The van der Waals surface area contributed by atoms with Crippen molar-refractivity contribution in [2.75, 3.05) is 18.0 Å². The molecule has 1 fully saturated rings. The Kier molecular flexibility index (Phi) is 3.03. The number of anilines is 1. The minimum Gasteiger partial charge on any atom is -0.343 e. The van der Waals surface area contributed by atoms with E-state index in [1.807, 2.05) is 18.3 Å². The van der Waals surface area contributed by atoms with E-state index in [1.54, 1.807) is 12.4 Å². The summed E-state index contributed by atoms with van der Waals surface area (Å²) in [5.74, 6) is 1.31. The lowest BCUT2D eigenvalue weighted by atomic mass is 9.95. The minimum absolute atomic E-state index is 0.483. The molecule has 0 amide bonds. The lowest BCUT2D eigenvalue weighted by Crippen LogP contribution is -2.35. The van der Waals surface area contributed by atoms with E-state index in [0.29, 0.717) is 5.92 Å². The van der Waals surface area contributed by atoms with Crippen LogP contribution in [0.25, 0.3) is 11.0 Å². The Morgan fingerprint density at radius 3 is 2.81 bits per heavy atom. The van der Waals surface area contributed by atoms with E-state index in [0.717, 1.165) is 31.1 Å². The predicted molar refractivity (Wildman–Crippen MR) is 82.3 cm³/mol. The van der Waals surface area contributed by atoms with E-state index in [-0.39, 0.29) is 0 Å². The van der Waals surface area contributed by atoms with Crippen molar-refractivity contribution >= 4 is 17.0 Å². The van der Waals surface area contributed by atoms with E-state index in [1.165, 1.54) is 17.5 Å². The van der Waals surface area contributed by atoms with E-state index in [9.17, 15) is 0 Å². The second-order valence-corrected chi connectivity index (χ2v) is 5.50. The van der Waals surface area contributed by atoms with E-state index in [2.05, 4.69) is 37.0 Å². The summed E-state index contributed by atoms with van der Waals surface area (Å²) in [5, 5.41) is 1.18. The zero-order valence-electron chi connectivity index (χ0n) is 11.7. The topological polar surface area (TPSA) is 57.7 Å². The second-order valence-electron chi connectivity index (χ2n) is 5.50. The van der Waals surface area contributed by atoms with Gasteiger partial charge in [-0.25, -0.2) is 15.0 Å². The maximum Gasteiger partial charge on any atom is 0.225 e. The van der Waals surface area contributed by atoms with Gasteiger partial charge < -0.3 is 9.88 Å². The Morgan fingerprint density at radius 2 is 1.95 bits per heavy atom. The molecule has 3 aromatic heterocycles. The zero-order valence-corrected chi connectivity index (χ0v) is 11.7. The molecule has 0 aromatic carbocycles. The van der Waals surface area contributed by atoms with Gasteiger partial charge in [-0.3, -0.25) is 0 Å². The van der Waals surface area contributed by atoms with Crippen LogP contribution in [0.5, 0.6) is 0 Å². The highest BCUT2D eigenvalue weighted by Crippen LogP contribution is 2.29. The first-order valence-corrected chi connectivity index (χ1v) is 7.36. The summed E-state index contributed by atoms with van der Waals surface area (Å²) in [4.78, 5) is 18.8. The van der Waals surface area contributed by atoms with Gasteiger partial charge in [-0.2, -0.15) is 0 Å². The van der Waals surface area contributed by atoms with Gasteiger partial charge in [0.2, 0.25) is 5.95 Å². The third-order valence-corrected chi connectivity index (χ3v) is 4.11. The van der Waals surface area contributed by atoms with Crippen molar-refractivity contribution in [3.8, 4) is 0 Å². The van der Waals surface area contributed by atoms with Crippen LogP contribution in [0.4, 0.5) is 5.95 Å². The molecule has 0 saturated carbocycles. The van der Waals surface area contributed by atoms with Gasteiger partial charge in [0, 0.05) is 48.7 Å². The molecule has 1 aliphatic heterocycles. The number of hydrogen-bond acceptors (Lipinski definition) is 4. The molecule has 1 aliphatic rings. The molecule has 0 radical (unpaired) electrons. The molecule has 1 atom stereocenters. The van der Waals surface area contributed by atoms with Crippen molar-refractivity contribution in [1.29, 1.82) is 0 Å². The highest BCUT2D eigenvalue weighted by Gasteiger charge is 2.24. The quantitative estimate of drug-likeness (QED) is 0.783. The van der Waals surface area contributed by atoms with Gasteiger partial charge in [0.15, 0.2) is 0 Å². The smallest absolute Gasteiger partial charge is 0.225 e. The number of fused-ring (bicyclic) bond motifs is 1. The number of nitrogens with zero attached hydrogens (tertiary/aromatic N) is 4. The Bertz CT molecular complexity index is 704. The average Bonchev–Trinajstić information content (AvgIpc) is 3.00. The lowest BCUT2D eigenvalue weighted by molar-refractivity contribution is 0.497. The predicted octanol–water partition coefficient (Wildman–Crippen LogP) is 2.74. The number of aromatic amines is 1. The molecule has 4 heterocycles. The largest absolute Gasteiger partial charge is 0.343 e. The first-order chi connectivity index (χ1) is 10.4. The fraction of sp³-hybridized carbons (Fsp3) is 0.312. The van der Waals surface area contributed by atoms with Gasteiger partial charge in [0.05, 0.1) is 0 Å². The highest BCUT2D eigenvalue weighted by atomic mass is 15.2. The van der Waals surface area contributed by atoms with Crippen molar-refractivity contribution in [3.63, 3.8) is 0 Å². The summed E-state index contributed by atoms with van der Waals surface area (Å²) >= 11 is 0. The van der Waals surface area contributed by atoms with Crippen LogP contribution in [0.3, 0.4) is 0 Å². The lowest BCUT2D eigenvalue weighted by Gasteiger charge is -2.32. The van der Waals surface area contributed by atoms with Crippen molar-refractivity contribution in [2.45, 2.75) is 18.8 Å². The van der Waals surface area contributed by atoms with Crippen LogP contribution >= 0.6 is 0 Å². The minimum atomic E-state index is 0.483. The van der Waals surface area contributed by atoms with E-state index >= 15 is 0 Å². The number of piperidine rings is 1. The second kappa shape index (κ2) is 5.16. The van der Waals surface area contributed by atoms with Gasteiger partial charge in [-0.1, -0.05) is 0 Å². The fourth-order valence-corrected chi connectivity index (χ4v) is 3.07. The van der Waals surface area contributed by atoms with Crippen molar-refractivity contribution in [3.05, 3.63) is 48.5 Å². The van der Waals surface area contributed by atoms with Crippen molar-refractivity contribution in [1.82, 2.24) is 19.9 Å². The first kappa shape index (κ1) is 12.3. The average molecular weight is 279 g/mol. The Balaban J connectivity index is 1.60. The number of hydrogen-bond donors (Lipinski definition) is 1. The number of nitrogens with one attached hydrogen (secondary N) is 1. The molecule has 0 spiro atoms.